The number of benzene rings is 1. The van der Waals surface area contributed by atoms with Gasteiger partial charge in [0, 0.05) is 6.54 Å². The van der Waals surface area contributed by atoms with Crippen molar-refractivity contribution in [1.82, 2.24) is 10.6 Å². The zero-order valence-electron chi connectivity index (χ0n) is 11.5. The number of hydrogen-bond donors (Lipinski definition) is 2. The molecule has 1 saturated heterocycles. The number of rotatable bonds is 6. The first-order chi connectivity index (χ1) is 9.75. The molecule has 1 atom stereocenters. The Morgan fingerprint density at radius 2 is 2.30 bits per heavy atom. The van der Waals surface area contributed by atoms with Crippen molar-refractivity contribution in [1.29, 1.82) is 0 Å². The molecule has 1 aromatic rings. The monoisotopic (exact) mass is 296 g/mol. The Hall–Kier alpha value is -1.26. The van der Waals surface area contributed by atoms with Gasteiger partial charge in [0.15, 0.2) is 0 Å². The molecular weight excluding hydrogens is 276 g/mol. The molecule has 1 aliphatic rings. The standard InChI is InChI=1S/C15H21ClN2O2/c16-13-5-1-2-6-14(13)20-9-7-15(19)18-11-12-4-3-8-17-10-12/h1-2,5-6,12,17H,3-4,7-11H2,(H,18,19). The Balaban J connectivity index is 1.61. The molecule has 20 heavy (non-hydrogen) atoms. The number of hydrogen-bond acceptors (Lipinski definition) is 3. The van der Waals surface area contributed by atoms with Crippen molar-refractivity contribution in [3.8, 4) is 5.75 Å². The van der Waals surface area contributed by atoms with Gasteiger partial charge in [0.2, 0.25) is 5.91 Å². The normalized spacial score (nSPS) is 18.6. The van der Waals surface area contributed by atoms with Crippen molar-refractivity contribution in [3.05, 3.63) is 29.3 Å². The lowest BCUT2D eigenvalue weighted by molar-refractivity contribution is -0.121. The molecule has 1 fully saturated rings. The van der Waals surface area contributed by atoms with Crippen LogP contribution in [-0.4, -0.2) is 32.1 Å². The van der Waals surface area contributed by atoms with Crippen molar-refractivity contribution >= 4 is 17.5 Å². The van der Waals surface area contributed by atoms with Crippen LogP contribution in [0.5, 0.6) is 5.75 Å². The second-order valence-corrected chi connectivity index (χ2v) is 5.45. The summed E-state index contributed by atoms with van der Waals surface area (Å²) in [5, 5.41) is 6.87. The average molecular weight is 297 g/mol. The molecule has 1 aliphatic heterocycles. The van der Waals surface area contributed by atoms with Crippen LogP contribution >= 0.6 is 11.6 Å². The number of ether oxygens (including phenoxy) is 1. The van der Waals surface area contributed by atoms with Crippen molar-refractivity contribution in [2.24, 2.45) is 5.92 Å². The maximum absolute atomic E-state index is 11.7. The summed E-state index contributed by atoms with van der Waals surface area (Å²) in [7, 11) is 0. The highest BCUT2D eigenvalue weighted by molar-refractivity contribution is 6.32. The van der Waals surface area contributed by atoms with Crippen LogP contribution < -0.4 is 15.4 Å². The van der Waals surface area contributed by atoms with E-state index in [9.17, 15) is 4.79 Å². The van der Waals surface area contributed by atoms with E-state index in [4.69, 9.17) is 16.3 Å². The van der Waals surface area contributed by atoms with E-state index in [0.717, 1.165) is 19.6 Å². The maximum Gasteiger partial charge on any atom is 0.223 e. The first-order valence-corrected chi connectivity index (χ1v) is 7.48. The molecule has 0 bridgehead atoms. The summed E-state index contributed by atoms with van der Waals surface area (Å²) in [6.45, 7) is 3.18. The second kappa shape index (κ2) is 8.12. The zero-order chi connectivity index (χ0) is 14.2. The van der Waals surface area contributed by atoms with Crippen molar-refractivity contribution in [3.63, 3.8) is 0 Å². The Morgan fingerprint density at radius 3 is 3.05 bits per heavy atom. The number of para-hydroxylation sites is 1. The fraction of sp³-hybridized carbons (Fsp3) is 0.533. The molecule has 0 aliphatic carbocycles. The fourth-order valence-corrected chi connectivity index (χ4v) is 2.45. The number of piperidine rings is 1. The highest BCUT2D eigenvalue weighted by Crippen LogP contribution is 2.23. The van der Waals surface area contributed by atoms with Gasteiger partial charge in [0.1, 0.15) is 5.75 Å². The Morgan fingerprint density at radius 1 is 1.45 bits per heavy atom. The van der Waals surface area contributed by atoms with Gasteiger partial charge in [-0.15, -0.1) is 0 Å². The summed E-state index contributed by atoms with van der Waals surface area (Å²) in [5.74, 6) is 1.21. The molecule has 110 valence electrons. The molecule has 0 saturated carbocycles. The second-order valence-electron chi connectivity index (χ2n) is 5.05. The average Bonchev–Trinajstić information content (AvgIpc) is 2.48. The van der Waals surface area contributed by atoms with Crippen molar-refractivity contribution in [2.45, 2.75) is 19.3 Å². The number of halogens is 1. The van der Waals surface area contributed by atoms with Crippen LogP contribution in [0.3, 0.4) is 0 Å². The molecule has 5 heteroatoms. The highest BCUT2D eigenvalue weighted by Gasteiger charge is 2.13. The number of carbonyl (C=O) groups excluding carboxylic acids is 1. The predicted molar refractivity (Wildman–Crippen MR) is 80.2 cm³/mol. The number of amides is 1. The van der Waals surface area contributed by atoms with E-state index in [0.29, 0.717) is 29.7 Å². The third kappa shape index (κ3) is 5.02. The highest BCUT2D eigenvalue weighted by atomic mass is 35.5. The minimum atomic E-state index is 0.0302. The molecule has 0 spiro atoms. The van der Waals surface area contributed by atoms with E-state index in [-0.39, 0.29) is 5.91 Å². The predicted octanol–water partition coefficient (Wildman–Crippen LogP) is 2.22. The molecule has 2 N–H and O–H groups in total. The van der Waals surface area contributed by atoms with Gasteiger partial charge in [0.25, 0.3) is 0 Å². The van der Waals surface area contributed by atoms with Gasteiger partial charge in [0.05, 0.1) is 18.1 Å². The van der Waals surface area contributed by atoms with E-state index in [2.05, 4.69) is 10.6 Å². The summed E-state index contributed by atoms with van der Waals surface area (Å²) >= 11 is 5.97. The lowest BCUT2D eigenvalue weighted by atomic mass is 10.00. The first-order valence-electron chi connectivity index (χ1n) is 7.10. The minimum absolute atomic E-state index is 0.0302. The molecule has 4 nitrogen and oxygen atoms in total. The van der Waals surface area contributed by atoms with Crippen LogP contribution in [0, 0.1) is 5.92 Å². The first kappa shape index (κ1) is 15.1. The van der Waals surface area contributed by atoms with Gasteiger partial charge in [-0.2, -0.15) is 0 Å². The summed E-state index contributed by atoms with van der Waals surface area (Å²) in [6, 6.07) is 7.28. The number of carbonyl (C=O) groups is 1. The molecule has 1 heterocycles. The lowest BCUT2D eigenvalue weighted by Gasteiger charge is -2.22. The molecule has 0 radical (unpaired) electrons. The lowest BCUT2D eigenvalue weighted by Crippen LogP contribution is -2.38. The molecule has 2 rings (SSSR count). The molecule has 0 aromatic heterocycles. The van der Waals surface area contributed by atoms with Gasteiger partial charge in [-0.3, -0.25) is 4.79 Å². The van der Waals surface area contributed by atoms with Crippen LogP contribution in [0.25, 0.3) is 0 Å². The maximum atomic E-state index is 11.7. The quantitative estimate of drug-likeness (QED) is 0.846. The van der Waals surface area contributed by atoms with Crippen LogP contribution in [-0.2, 0) is 4.79 Å². The van der Waals surface area contributed by atoms with Gasteiger partial charge in [-0.05, 0) is 44.0 Å². The summed E-state index contributed by atoms with van der Waals surface area (Å²) in [5.41, 5.74) is 0. The molecule has 1 unspecified atom stereocenters. The van der Waals surface area contributed by atoms with Crippen LogP contribution in [0.15, 0.2) is 24.3 Å². The van der Waals surface area contributed by atoms with E-state index >= 15 is 0 Å². The summed E-state index contributed by atoms with van der Waals surface area (Å²) in [6.07, 6.45) is 2.73. The Labute approximate surface area is 124 Å². The van der Waals surface area contributed by atoms with E-state index in [1.165, 1.54) is 12.8 Å². The van der Waals surface area contributed by atoms with Crippen molar-refractivity contribution in [2.75, 3.05) is 26.2 Å². The van der Waals surface area contributed by atoms with Gasteiger partial charge in [-0.25, -0.2) is 0 Å². The van der Waals surface area contributed by atoms with Gasteiger partial charge >= 0.3 is 0 Å². The molecule has 1 amide bonds. The Kier molecular flexibility index (Phi) is 6.15. The van der Waals surface area contributed by atoms with Crippen molar-refractivity contribution < 1.29 is 9.53 Å². The van der Waals surface area contributed by atoms with Crippen LogP contribution in [0.1, 0.15) is 19.3 Å². The molecule has 1 aromatic carbocycles. The molecular formula is C15H21ClN2O2. The van der Waals surface area contributed by atoms with Gasteiger partial charge in [-0.1, -0.05) is 23.7 Å². The van der Waals surface area contributed by atoms with Gasteiger partial charge < -0.3 is 15.4 Å². The third-order valence-corrected chi connectivity index (χ3v) is 3.72. The van der Waals surface area contributed by atoms with E-state index in [1.54, 1.807) is 12.1 Å². The minimum Gasteiger partial charge on any atom is -0.491 e. The zero-order valence-corrected chi connectivity index (χ0v) is 12.3. The largest absolute Gasteiger partial charge is 0.491 e. The Bertz CT molecular complexity index is 434. The van der Waals surface area contributed by atoms with E-state index < -0.39 is 0 Å². The summed E-state index contributed by atoms with van der Waals surface area (Å²) in [4.78, 5) is 11.7. The van der Waals surface area contributed by atoms with Crippen LogP contribution in [0.4, 0.5) is 0 Å². The summed E-state index contributed by atoms with van der Waals surface area (Å²) < 4.78 is 5.49. The smallest absolute Gasteiger partial charge is 0.223 e. The fourth-order valence-electron chi connectivity index (χ4n) is 2.26. The third-order valence-electron chi connectivity index (χ3n) is 3.41. The van der Waals surface area contributed by atoms with Crippen LogP contribution in [0.2, 0.25) is 5.02 Å². The van der Waals surface area contributed by atoms with E-state index in [1.807, 2.05) is 12.1 Å². The number of nitrogens with one attached hydrogen (secondary N) is 2. The topological polar surface area (TPSA) is 50.4 Å². The SMILES string of the molecule is O=C(CCOc1ccccc1Cl)NCC1CCCNC1.